The lowest BCUT2D eigenvalue weighted by molar-refractivity contribution is 0.408. The van der Waals surface area contributed by atoms with E-state index in [1.54, 1.807) is 12.1 Å². The summed E-state index contributed by atoms with van der Waals surface area (Å²) < 4.78 is 14.0. The number of likely N-dealkylation sites (N-methyl/N-ethyl adjacent to an activating group) is 1. The molecule has 0 aromatic heterocycles. The minimum Gasteiger partial charge on any atom is -0.319 e. The molecule has 0 saturated heterocycles. The minimum atomic E-state index is -0.162. The predicted octanol–water partition coefficient (Wildman–Crippen LogP) is 3.97. The molecule has 1 saturated carbocycles. The first kappa shape index (κ1) is 12.8. The number of nitrogens with one attached hydrogen (secondary N) is 1. The van der Waals surface area contributed by atoms with Crippen LogP contribution >= 0.6 is 11.6 Å². The van der Waals surface area contributed by atoms with Gasteiger partial charge in [-0.1, -0.05) is 30.5 Å². The van der Waals surface area contributed by atoms with Crippen molar-refractivity contribution in [1.29, 1.82) is 0 Å². The van der Waals surface area contributed by atoms with Crippen LogP contribution in [0.1, 0.15) is 37.2 Å². The molecule has 1 nitrogen and oxygen atoms in total. The fourth-order valence-electron chi connectivity index (χ4n) is 2.95. The summed E-state index contributed by atoms with van der Waals surface area (Å²) in [6.07, 6.45) is 4.90. The van der Waals surface area contributed by atoms with Crippen LogP contribution in [0.5, 0.6) is 0 Å². The Balaban J connectivity index is 2.31. The van der Waals surface area contributed by atoms with E-state index in [1.807, 2.05) is 7.05 Å². The Kier molecular flexibility index (Phi) is 4.41. The first-order valence-corrected chi connectivity index (χ1v) is 6.70. The molecule has 0 spiro atoms. The van der Waals surface area contributed by atoms with E-state index in [1.165, 1.54) is 31.7 Å². The predicted molar refractivity (Wildman–Crippen MR) is 70.0 cm³/mol. The van der Waals surface area contributed by atoms with Crippen LogP contribution in [-0.4, -0.2) is 13.6 Å². The molecule has 1 aromatic carbocycles. The zero-order valence-electron chi connectivity index (χ0n) is 10.2. The third-order valence-electron chi connectivity index (χ3n) is 3.76. The van der Waals surface area contributed by atoms with Crippen LogP contribution in [0.25, 0.3) is 0 Å². The van der Waals surface area contributed by atoms with Crippen LogP contribution < -0.4 is 5.32 Å². The standard InChI is InChI=1S/C14H19ClFN/c1-17-9-11(10-5-2-3-6-10)14-12(15)7-4-8-13(14)16/h4,7-8,10-11,17H,2-3,5-6,9H2,1H3. The smallest absolute Gasteiger partial charge is 0.128 e. The van der Waals surface area contributed by atoms with Crippen molar-refractivity contribution in [2.75, 3.05) is 13.6 Å². The number of hydrogen-bond donors (Lipinski definition) is 1. The molecule has 1 atom stereocenters. The second-order valence-electron chi connectivity index (χ2n) is 4.84. The van der Waals surface area contributed by atoms with Crippen LogP contribution in [-0.2, 0) is 0 Å². The molecule has 94 valence electrons. The van der Waals surface area contributed by atoms with Crippen molar-refractivity contribution in [2.45, 2.75) is 31.6 Å². The van der Waals surface area contributed by atoms with Crippen molar-refractivity contribution in [3.63, 3.8) is 0 Å². The number of rotatable bonds is 4. The fourth-order valence-corrected chi connectivity index (χ4v) is 3.25. The van der Waals surface area contributed by atoms with E-state index in [0.29, 0.717) is 16.5 Å². The summed E-state index contributed by atoms with van der Waals surface area (Å²) in [5.41, 5.74) is 0.704. The van der Waals surface area contributed by atoms with E-state index in [9.17, 15) is 4.39 Å². The van der Waals surface area contributed by atoms with Crippen molar-refractivity contribution in [2.24, 2.45) is 5.92 Å². The Morgan fingerprint density at radius 3 is 2.71 bits per heavy atom. The highest BCUT2D eigenvalue weighted by molar-refractivity contribution is 6.31. The van der Waals surface area contributed by atoms with Gasteiger partial charge in [-0.2, -0.15) is 0 Å². The summed E-state index contributed by atoms with van der Waals surface area (Å²) in [6, 6.07) is 4.97. The highest BCUT2D eigenvalue weighted by Crippen LogP contribution is 2.40. The average Bonchev–Trinajstić information content (AvgIpc) is 2.80. The van der Waals surface area contributed by atoms with Gasteiger partial charge in [0.1, 0.15) is 5.82 Å². The second-order valence-corrected chi connectivity index (χ2v) is 5.25. The number of hydrogen-bond acceptors (Lipinski definition) is 1. The molecule has 17 heavy (non-hydrogen) atoms. The van der Waals surface area contributed by atoms with E-state index in [0.717, 1.165) is 6.54 Å². The molecule has 1 N–H and O–H groups in total. The maximum atomic E-state index is 14.0. The second kappa shape index (κ2) is 5.83. The summed E-state index contributed by atoms with van der Waals surface area (Å²) in [5, 5.41) is 3.74. The molecule has 1 unspecified atom stereocenters. The molecule has 0 radical (unpaired) electrons. The first-order chi connectivity index (χ1) is 8.24. The van der Waals surface area contributed by atoms with Crippen molar-refractivity contribution in [3.05, 3.63) is 34.6 Å². The molecule has 2 rings (SSSR count). The van der Waals surface area contributed by atoms with Crippen molar-refractivity contribution >= 4 is 11.6 Å². The topological polar surface area (TPSA) is 12.0 Å². The lowest BCUT2D eigenvalue weighted by Crippen LogP contribution is -2.24. The Labute approximate surface area is 107 Å². The van der Waals surface area contributed by atoms with Gasteiger partial charge in [0.05, 0.1) is 0 Å². The summed E-state index contributed by atoms with van der Waals surface area (Å²) >= 11 is 6.17. The van der Waals surface area contributed by atoms with Gasteiger partial charge in [-0.05, 0) is 37.9 Å². The third kappa shape index (κ3) is 2.80. The molecular weight excluding hydrogens is 237 g/mol. The molecule has 1 aliphatic rings. The van der Waals surface area contributed by atoms with E-state index in [4.69, 9.17) is 11.6 Å². The van der Waals surface area contributed by atoms with Crippen molar-refractivity contribution in [3.8, 4) is 0 Å². The molecule has 0 bridgehead atoms. The van der Waals surface area contributed by atoms with Crippen LogP contribution in [0.15, 0.2) is 18.2 Å². The van der Waals surface area contributed by atoms with Gasteiger partial charge in [0, 0.05) is 23.0 Å². The molecule has 1 aromatic rings. The molecular formula is C14H19ClFN. The number of halogens is 2. The van der Waals surface area contributed by atoms with Gasteiger partial charge in [-0.3, -0.25) is 0 Å². The van der Waals surface area contributed by atoms with Gasteiger partial charge in [0.15, 0.2) is 0 Å². The summed E-state index contributed by atoms with van der Waals surface area (Å²) in [7, 11) is 1.91. The van der Waals surface area contributed by atoms with Crippen LogP contribution in [0.2, 0.25) is 5.02 Å². The van der Waals surface area contributed by atoms with Gasteiger partial charge >= 0.3 is 0 Å². The first-order valence-electron chi connectivity index (χ1n) is 6.32. The lowest BCUT2D eigenvalue weighted by Gasteiger charge is -2.25. The van der Waals surface area contributed by atoms with E-state index in [-0.39, 0.29) is 11.7 Å². The van der Waals surface area contributed by atoms with Gasteiger partial charge < -0.3 is 5.32 Å². The molecule has 3 heteroatoms. The van der Waals surface area contributed by atoms with E-state index in [2.05, 4.69) is 5.32 Å². The maximum Gasteiger partial charge on any atom is 0.128 e. The van der Waals surface area contributed by atoms with Crippen LogP contribution in [0.3, 0.4) is 0 Å². The highest BCUT2D eigenvalue weighted by atomic mass is 35.5. The monoisotopic (exact) mass is 255 g/mol. The number of benzene rings is 1. The normalized spacial score (nSPS) is 18.5. The van der Waals surface area contributed by atoms with Gasteiger partial charge in [-0.15, -0.1) is 0 Å². The van der Waals surface area contributed by atoms with Crippen molar-refractivity contribution in [1.82, 2.24) is 5.32 Å². The molecule has 1 fully saturated rings. The van der Waals surface area contributed by atoms with Gasteiger partial charge in [0.2, 0.25) is 0 Å². The Hall–Kier alpha value is -0.600. The molecule has 1 aliphatic carbocycles. The zero-order chi connectivity index (χ0) is 12.3. The fraction of sp³-hybridized carbons (Fsp3) is 0.571. The van der Waals surface area contributed by atoms with E-state index < -0.39 is 0 Å². The van der Waals surface area contributed by atoms with Gasteiger partial charge in [-0.25, -0.2) is 4.39 Å². The maximum absolute atomic E-state index is 14.0. The zero-order valence-corrected chi connectivity index (χ0v) is 10.9. The Bertz CT molecular complexity index is 354. The summed E-state index contributed by atoms with van der Waals surface area (Å²) in [5.74, 6) is 0.609. The Morgan fingerprint density at radius 2 is 2.12 bits per heavy atom. The van der Waals surface area contributed by atoms with E-state index >= 15 is 0 Å². The molecule has 0 aliphatic heterocycles. The highest BCUT2D eigenvalue weighted by Gasteiger charge is 2.29. The lowest BCUT2D eigenvalue weighted by atomic mass is 9.84. The minimum absolute atomic E-state index is 0.162. The Morgan fingerprint density at radius 1 is 1.41 bits per heavy atom. The van der Waals surface area contributed by atoms with Crippen LogP contribution in [0.4, 0.5) is 4.39 Å². The van der Waals surface area contributed by atoms with Crippen LogP contribution in [0, 0.1) is 11.7 Å². The SMILES string of the molecule is CNCC(c1c(F)cccc1Cl)C1CCCC1. The largest absolute Gasteiger partial charge is 0.319 e. The van der Waals surface area contributed by atoms with Crippen molar-refractivity contribution < 1.29 is 4.39 Å². The summed E-state index contributed by atoms with van der Waals surface area (Å²) in [6.45, 7) is 0.797. The molecule has 0 heterocycles. The quantitative estimate of drug-likeness (QED) is 0.858. The average molecular weight is 256 g/mol. The van der Waals surface area contributed by atoms with Gasteiger partial charge in [0.25, 0.3) is 0 Å². The third-order valence-corrected chi connectivity index (χ3v) is 4.09. The molecule has 0 amide bonds. The summed E-state index contributed by atoms with van der Waals surface area (Å²) in [4.78, 5) is 0.